The molecule has 0 heterocycles. The molecule has 0 atom stereocenters. The van der Waals surface area contributed by atoms with Crippen LogP contribution in [0.25, 0.3) is 10.8 Å². The lowest BCUT2D eigenvalue weighted by Gasteiger charge is -2.07. The fraction of sp³-hybridized carbons (Fsp3) is 0.444. The zero-order valence-electron chi connectivity index (χ0n) is 12.1. The largest absolute Gasteiger partial charge is 0.494 e. The molecule has 0 aliphatic rings. The predicted molar refractivity (Wildman–Crippen MR) is 82.9 cm³/mol. The third kappa shape index (κ3) is 4.27. The van der Waals surface area contributed by atoms with E-state index in [0.717, 1.165) is 18.8 Å². The average Bonchev–Trinajstić information content (AvgIpc) is 2.43. The molecule has 1 nitrogen and oxygen atoms in total. The minimum Gasteiger partial charge on any atom is -0.494 e. The van der Waals surface area contributed by atoms with Crippen LogP contribution in [0.4, 0.5) is 0 Å². The molecule has 0 spiro atoms. The summed E-state index contributed by atoms with van der Waals surface area (Å²) >= 11 is 0. The van der Waals surface area contributed by atoms with Crippen molar-refractivity contribution in [2.24, 2.45) is 0 Å². The van der Waals surface area contributed by atoms with Crippen molar-refractivity contribution in [1.29, 1.82) is 0 Å². The molecule has 2 rings (SSSR count). The number of fused-ring (bicyclic) bond motifs is 1. The first kappa shape index (κ1) is 13.9. The maximum atomic E-state index is 5.82. The van der Waals surface area contributed by atoms with Crippen molar-refractivity contribution in [3.8, 4) is 5.75 Å². The van der Waals surface area contributed by atoms with Gasteiger partial charge in [0, 0.05) is 0 Å². The highest BCUT2D eigenvalue weighted by molar-refractivity contribution is 5.84. The Kier molecular flexibility index (Phi) is 5.26. The SMILES string of the molecule is CCCCCCCOc1ccc2cc(C)ccc2c1. The summed E-state index contributed by atoms with van der Waals surface area (Å²) in [5, 5.41) is 2.55. The average molecular weight is 256 g/mol. The van der Waals surface area contributed by atoms with Crippen molar-refractivity contribution < 1.29 is 4.74 Å². The molecule has 1 heteroatoms. The van der Waals surface area contributed by atoms with Gasteiger partial charge in [0.15, 0.2) is 0 Å². The lowest BCUT2D eigenvalue weighted by Crippen LogP contribution is -1.97. The lowest BCUT2D eigenvalue weighted by molar-refractivity contribution is 0.305. The van der Waals surface area contributed by atoms with Crippen molar-refractivity contribution in [1.82, 2.24) is 0 Å². The van der Waals surface area contributed by atoms with Crippen LogP contribution in [0.5, 0.6) is 5.75 Å². The van der Waals surface area contributed by atoms with Crippen LogP contribution in [0.15, 0.2) is 36.4 Å². The highest BCUT2D eigenvalue weighted by atomic mass is 16.5. The number of benzene rings is 2. The molecule has 0 aliphatic carbocycles. The molecule has 0 aliphatic heterocycles. The summed E-state index contributed by atoms with van der Waals surface area (Å²) in [6.45, 7) is 5.20. The van der Waals surface area contributed by atoms with E-state index in [1.165, 1.54) is 42.0 Å². The fourth-order valence-corrected chi connectivity index (χ4v) is 2.33. The maximum absolute atomic E-state index is 5.82. The van der Waals surface area contributed by atoms with Crippen LogP contribution in [0.3, 0.4) is 0 Å². The quantitative estimate of drug-likeness (QED) is 0.594. The van der Waals surface area contributed by atoms with Crippen LogP contribution >= 0.6 is 0 Å². The normalized spacial score (nSPS) is 10.8. The molecule has 0 saturated heterocycles. The van der Waals surface area contributed by atoms with Crippen LogP contribution in [0.2, 0.25) is 0 Å². The first-order valence-electron chi connectivity index (χ1n) is 7.43. The van der Waals surface area contributed by atoms with Gasteiger partial charge in [0.1, 0.15) is 5.75 Å². The van der Waals surface area contributed by atoms with E-state index >= 15 is 0 Å². The molecular formula is C18H24O. The first-order valence-corrected chi connectivity index (χ1v) is 7.43. The Hall–Kier alpha value is -1.50. The monoisotopic (exact) mass is 256 g/mol. The van der Waals surface area contributed by atoms with Gasteiger partial charge in [-0.15, -0.1) is 0 Å². The zero-order chi connectivity index (χ0) is 13.5. The summed E-state index contributed by atoms with van der Waals surface area (Å²) in [7, 11) is 0. The van der Waals surface area contributed by atoms with Crippen molar-refractivity contribution in [2.75, 3.05) is 6.61 Å². The van der Waals surface area contributed by atoms with Crippen LogP contribution in [0, 0.1) is 6.92 Å². The number of ether oxygens (including phenoxy) is 1. The molecule has 102 valence electrons. The Morgan fingerprint density at radius 3 is 2.42 bits per heavy atom. The molecule has 0 saturated carbocycles. The highest BCUT2D eigenvalue weighted by Crippen LogP contribution is 2.22. The second-order valence-electron chi connectivity index (χ2n) is 5.28. The smallest absolute Gasteiger partial charge is 0.119 e. The van der Waals surface area contributed by atoms with Gasteiger partial charge in [-0.25, -0.2) is 0 Å². The number of hydrogen-bond donors (Lipinski definition) is 0. The van der Waals surface area contributed by atoms with Crippen molar-refractivity contribution in [3.63, 3.8) is 0 Å². The van der Waals surface area contributed by atoms with E-state index in [9.17, 15) is 0 Å². The molecule has 0 aromatic heterocycles. The van der Waals surface area contributed by atoms with Crippen LogP contribution < -0.4 is 4.74 Å². The van der Waals surface area contributed by atoms with Gasteiger partial charge in [-0.2, -0.15) is 0 Å². The predicted octanol–water partition coefficient (Wildman–Crippen LogP) is 5.50. The Morgan fingerprint density at radius 2 is 1.58 bits per heavy atom. The molecule has 0 N–H and O–H groups in total. The fourth-order valence-electron chi connectivity index (χ4n) is 2.33. The van der Waals surface area contributed by atoms with E-state index < -0.39 is 0 Å². The minimum atomic E-state index is 0.834. The molecule has 0 bridgehead atoms. The Labute approximate surface area is 116 Å². The zero-order valence-corrected chi connectivity index (χ0v) is 12.1. The van der Waals surface area contributed by atoms with Gasteiger partial charge >= 0.3 is 0 Å². The lowest BCUT2D eigenvalue weighted by atomic mass is 10.1. The van der Waals surface area contributed by atoms with E-state index in [0.29, 0.717) is 0 Å². The topological polar surface area (TPSA) is 9.23 Å². The van der Waals surface area contributed by atoms with E-state index in [-0.39, 0.29) is 0 Å². The van der Waals surface area contributed by atoms with Gasteiger partial charge < -0.3 is 4.74 Å². The summed E-state index contributed by atoms with van der Waals surface area (Å²) in [5.41, 5.74) is 1.30. The van der Waals surface area contributed by atoms with Gasteiger partial charge in [-0.1, -0.05) is 62.4 Å². The Bertz CT molecular complexity index is 516. The molecule has 0 fully saturated rings. The van der Waals surface area contributed by atoms with E-state index in [4.69, 9.17) is 4.74 Å². The van der Waals surface area contributed by atoms with Crippen molar-refractivity contribution in [2.45, 2.75) is 46.0 Å². The summed E-state index contributed by atoms with van der Waals surface area (Å²) in [6.07, 6.45) is 6.41. The van der Waals surface area contributed by atoms with E-state index in [1.54, 1.807) is 0 Å². The number of hydrogen-bond acceptors (Lipinski definition) is 1. The summed E-state index contributed by atoms with van der Waals surface area (Å²) in [5.74, 6) is 0.992. The second-order valence-corrected chi connectivity index (χ2v) is 5.28. The molecule has 19 heavy (non-hydrogen) atoms. The molecule has 2 aromatic carbocycles. The summed E-state index contributed by atoms with van der Waals surface area (Å²) < 4.78 is 5.82. The van der Waals surface area contributed by atoms with Gasteiger partial charge in [0.05, 0.1) is 6.61 Å². The van der Waals surface area contributed by atoms with Crippen molar-refractivity contribution >= 4 is 10.8 Å². The summed E-state index contributed by atoms with van der Waals surface area (Å²) in [4.78, 5) is 0. The number of aryl methyl sites for hydroxylation is 1. The Morgan fingerprint density at radius 1 is 0.842 bits per heavy atom. The van der Waals surface area contributed by atoms with Crippen LogP contribution in [-0.4, -0.2) is 6.61 Å². The third-order valence-corrected chi connectivity index (χ3v) is 3.48. The Balaban J connectivity index is 1.86. The molecule has 0 unspecified atom stereocenters. The van der Waals surface area contributed by atoms with Crippen LogP contribution in [-0.2, 0) is 0 Å². The van der Waals surface area contributed by atoms with Gasteiger partial charge in [-0.05, 0) is 36.2 Å². The highest BCUT2D eigenvalue weighted by Gasteiger charge is 1.98. The standard InChI is InChI=1S/C18H24O/c1-3-4-5-6-7-12-19-18-11-10-16-13-15(2)8-9-17(16)14-18/h8-11,13-14H,3-7,12H2,1-2H3. The van der Waals surface area contributed by atoms with Gasteiger partial charge in [0.25, 0.3) is 0 Å². The van der Waals surface area contributed by atoms with Gasteiger partial charge in [-0.3, -0.25) is 0 Å². The molecule has 2 aromatic rings. The minimum absolute atomic E-state index is 0.834. The second kappa shape index (κ2) is 7.18. The summed E-state index contributed by atoms with van der Waals surface area (Å²) in [6, 6.07) is 12.9. The molecule has 0 amide bonds. The third-order valence-electron chi connectivity index (χ3n) is 3.48. The number of unbranched alkanes of at least 4 members (excludes halogenated alkanes) is 4. The number of rotatable bonds is 7. The molecule has 0 radical (unpaired) electrons. The van der Waals surface area contributed by atoms with Crippen LogP contribution in [0.1, 0.15) is 44.6 Å². The first-order chi connectivity index (χ1) is 9.29. The maximum Gasteiger partial charge on any atom is 0.119 e. The van der Waals surface area contributed by atoms with Gasteiger partial charge in [0.2, 0.25) is 0 Å². The van der Waals surface area contributed by atoms with E-state index in [2.05, 4.69) is 50.2 Å². The van der Waals surface area contributed by atoms with Crippen molar-refractivity contribution in [3.05, 3.63) is 42.0 Å². The molecular weight excluding hydrogens is 232 g/mol. The van der Waals surface area contributed by atoms with E-state index in [1.807, 2.05) is 0 Å².